The quantitative estimate of drug-likeness (QED) is 0.0541. The fourth-order valence-corrected chi connectivity index (χ4v) is 6.16. The van der Waals surface area contributed by atoms with Crippen LogP contribution in [0.1, 0.15) is 123 Å². The minimum Gasteiger partial charge on any atom is -0.469 e. The van der Waals surface area contributed by atoms with Crippen LogP contribution in [-0.4, -0.2) is 68.2 Å². The average molecular weight is 783 g/mol. The number of hydrogen-bond acceptors (Lipinski definition) is 12. The van der Waals surface area contributed by atoms with Gasteiger partial charge >= 0.3 is 29.8 Å². The number of allylic oxidation sites excluding steroid dienone is 8. The summed E-state index contributed by atoms with van der Waals surface area (Å²) in [6, 6.07) is 1.76. The summed E-state index contributed by atoms with van der Waals surface area (Å²) in [6.45, 7) is 16.8. The van der Waals surface area contributed by atoms with Gasteiger partial charge in [-0.25, -0.2) is 0 Å². The fraction of sp³-hybridized carbons (Fsp3) is 0.568. The summed E-state index contributed by atoms with van der Waals surface area (Å²) in [6.07, 6.45) is 11.4. The molecule has 1 fully saturated rings. The fourth-order valence-electron chi connectivity index (χ4n) is 6.16. The maximum atomic E-state index is 12.2. The molecule has 1 saturated heterocycles. The molecule has 0 amide bonds. The average Bonchev–Trinajstić information content (AvgIpc) is 3.11. The van der Waals surface area contributed by atoms with Crippen LogP contribution >= 0.6 is 0 Å². The first-order chi connectivity index (χ1) is 26.4. The highest BCUT2D eigenvalue weighted by Gasteiger charge is 2.48. The molecule has 0 spiro atoms. The molecule has 0 aromatic heterocycles. The van der Waals surface area contributed by atoms with Gasteiger partial charge in [0.25, 0.3) is 0 Å². The summed E-state index contributed by atoms with van der Waals surface area (Å²) in [7, 11) is 1.41. The van der Waals surface area contributed by atoms with Gasteiger partial charge in [0.05, 0.1) is 13.7 Å². The molecule has 1 aromatic rings. The van der Waals surface area contributed by atoms with Gasteiger partial charge in [0.15, 0.2) is 12.2 Å². The van der Waals surface area contributed by atoms with Gasteiger partial charge in [-0.05, 0) is 110 Å². The Labute approximate surface area is 332 Å². The summed E-state index contributed by atoms with van der Waals surface area (Å²) >= 11 is 0. The summed E-state index contributed by atoms with van der Waals surface area (Å²) in [5.74, 6) is -1.78. The summed E-state index contributed by atoms with van der Waals surface area (Å²) in [5.41, 5.74) is 7.11. The van der Waals surface area contributed by atoms with Crippen LogP contribution in [0.3, 0.4) is 0 Å². The first kappa shape index (κ1) is 47.4. The van der Waals surface area contributed by atoms with Crippen molar-refractivity contribution < 1.29 is 57.1 Å². The topological polar surface area (TPSA) is 150 Å². The standard InChI is InChI=1S/C44H62O12/c1-27(15-12-16-28(2)18-14-20-30(4)22-24-40(49)50-11)17-13-19-29(3)21-23-37-25-38(31(5)32(6)41(37)53-34(8)46)56-44-43(55-36(10)48)42(54-35(9)47)39(26-51-44)52-33(7)45/h16-17,20-21,25,39,42-44H,12-15,18-19,22-24,26H2,1-11H3/b27-17+,28-16+,29-21+,30-20+/t39-,42+,43-,44+/m1/s1. The predicted octanol–water partition coefficient (Wildman–Crippen LogP) is 8.38. The molecule has 1 aliphatic heterocycles. The molecule has 1 aliphatic rings. The van der Waals surface area contributed by atoms with Crippen LogP contribution in [-0.2, 0) is 54.1 Å². The molecule has 0 saturated carbocycles. The van der Waals surface area contributed by atoms with E-state index in [1.165, 1.54) is 57.1 Å². The molecule has 1 aromatic carbocycles. The van der Waals surface area contributed by atoms with Crippen molar-refractivity contribution >= 4 is 29.8 Å². The zero-order chi connectivity index (χ0) is 41.9. The van der Waals surface area contributed by atoms with Crippen molar-refractivity contribution in [3.05, 3.63) is 69.4 Å². The Morgan fingerprint density at radius 1 is 0.643 bits per heavy atom. The van der Waals surface area contributed by atoms with Gasteiger partial charge < -0.3 is 33.2 Å². The number of hydrogen-bond donors (Lipinski definition) is 0. The minimum absolute atomic E-state index is 0.179. The Morgan fingerprint density at radius 3 is 1.64 bits per heavy atom. The second-order valence-corrected chi connectivity index (χ2v) is 14.4. The summed E-state index contributed by atoms with van der Waals surface area (Å²) < 4.78 is 38.9. The number of carbonyl (C=O) groups excluding carboxylic acids is 5. The maximum Gasteiger partial charge on any atom is 0.308 e. The van der Waals surface area contributed by atoms with E-state index in [1.807, 2.05) is 6.92 Å². The Kier molecular flexibility index (Phi) is 20.4. The van der Waals surface area contributed by atoms with Gasteiger partial charge in [-0.15, -0.1) is 0 Å². The number of esters is 5. The highest BCUT2D eigenvalue weighted by molar-refractivity contribution is 5.72. The van der Waals surface area contributed by atoms with E-state index < -0.39 is 48.5 Å². The lowest BCUT2D eigenvalue weighted by Crippen LogP contribution is -2.59. The lowest BCUT2D eigenvalue weighted by molar-refractivity contribution is -0.259. The molecule has 4 atom stereocenters. The van der Waals surface area contributed by atoms with Crippen LogP contribution in [0.4, 0.5) is 0 Å². The first-order valence-electron chi connectivity index (χ1n) is 19.2. The van der Waals surface area contributed by atoms with Crippen LogP contribution in [0.2, 0.25) is 0 Å². The minimum atomic E-state index is -1.26. The van der Waals surface area contributed by atoms with Gasteiger partial charge in [0.2, 0.25) is 12.4 Å². The smallest absolute Gasteiger partial charge is 0.308 e. The van der Waals surface area contributed by atoms with Gasteiger partial charge in [0, 0.05) is 39.7 Å². The van der Waals surface area contributed by atoms with Crippen LogP contribution in [0, 0.1) is 13.8 Å². The normalized spacial score (nSPS) is 19.2. The van der Waals surface area contributed by atoms with E-state index in [2.05, 4.69) is 52.0 Å². The molecule has 0 unspecified atom stereocenters. The number of rotatable bonds is 20. The number of carbonyl (C=O) groups is 5. The van der Waals surface area contributed by atoms with E-state index in [-0.39, 0.29) is 12.6 Å². The van der Waals surface area contributed by atoms with E-state index >= 15 is 0 Å². The molecule has 0 radical (unpaired) electrons. The van der Waals surface area contributed by atoms with Crippen molar-refractivity contribution in [3.63, 3.8) is 0 Å². The monoisotopic (exact) mass is 782 g/mol. The number of benzene rings is 1. The molecule has 0 N–H and O–H groups in total. The molecule has 56 heavy (non-hydrogen) atoms. The number of methoxy groups -OCH3 is 1. The molecule has 1 heterocycles. The second kappa shape index (κ2) is 24.0. The Balaban J connectivity index is 2.14. The third-order valence-corrected chi connectivity index (χ3v) is 9.38. The summed E-state index contributed by atoms with van der Waals surface area (Å²) in [5, 5.41) is 0. The van der Waals surface area contributed by atoms with E-state index in [4.69, 9.17) is 33.2 Å². The van der Waals surface area contributed by atoms with Gasteiger partial charge in [-0.3, -0.25) is 24.0 Å². The third-order valence-electron chi connectivity index (χ3n) is 9.38. The molecular weight excluding hydrogens is 720 g/mol. The maximum absolute atomic E-state index is 12.2. The molecule has 2 rings (SSSR count). The predicted molar refractivity (Wildman–Crippen MR) is 212 cm³/mol. The van der Waals surface area contributed by atoms with Crippen LogP contribution in [0.25, 0.3) is 0 Å². The Morgan fingerprint density at radius 2 is 1.14 bits per heavy atom. The van der Waals surface area contributed by atoms with Crippen molar-refractivity contribution in [2.75, 3.05) is 13.7 Å². The number of ether oxygens (including phenoxy) is 7. The van der Waals surface area contributed by atoms with Crippen molar-refractivity contribution in [1.29, 1.82) is 0 Å². The van der Waals surface area contributed by atoms with E-state index in [0.29, 0.717) is 41.0 Å². The van der Waals surface area contributed by atoms with E-state index in [1.54, 1.807) is 13.0 Å². The van der Waals surface area contributed by atoms with Crippen LogP contribution in [0.15, 0.2) is 52.7 Å². The van der Waals surface area contributed by atoms with Crippen molar-refractivity contribution in [2.24, 2.45) is 0 Å². The second-order valence-electron chi connectivity index (χ2n) is 14.4. The molecular formula is C44H62O12. The van der Waals surface area contributed by atoms with Crippen LogP contribution < -0.4 is 9.47 Å². The zero-order valence-electron chi connectivity index (χ0n) is 35.2. The highest BCUT2D eigenvalue weighted by Crippen LogP contribution is 2.37. The lowest BCUT2D eigenvalue weighted by atomic mass is 9.98. The Bertz CT molecular complexity index is 1660. The van der Waals surface area contributed by atoms with E-state index in [0.717, 1.165) is 44.9 Å². The highest BCUT2D eigenvalue weighted by atomic mass is 16.7. The van der Waals surface area contributed by atoms with Crippen LogP contribution in [0.5, 0.6) is 11.5 Å². The van der Waals surface area contributed by atoms with Crippen molar-refractivity contribution in [2.45, 2.75) is 152 Å². The van der Waals surface area contributed by atoms with Gasteiger partial charge in [0.1, 0.15) is 11.5 Å². The molecule has 310 valence electrons. The largest absolute Gasteiger partial charge is 0.469 e. The van der Waals surface area contributed by atoms with Gasteiger partial charge in [-0.1, -0.05) is 46.6 Å². The van der Waals surface area contributed by atoms with Crippen molar-refractivity contribution in [1.82, 2.24) is 0 Å². The molecule has 12 nitrogen and oxygen atoms in total. The van der Waals surface area contributed by atoms with Gasteiger partial charge in [-0.2, -0.15) is 0 Å². The molecule has 12 heteroatoms. The van der Waals surface area contributed by atoms with E-state index in [9.17, 15) is 24.0 Å². The first-order valence-corrected chi connectivity index (χ1v) is 19.2. The Hall–Kier alpha value is -4.71. The third kappa shape index (κ3) is 17.0. The summed E-state index contributed by atoms with van der Waals surface area (Å²) in [4.78, 5) is 59.5. The zero-order valence-corrected chi connectivity index (χ0v) is 35.2. The molecule has 0 bridgehead atoms. The van der Waals surface area contributed by atoms with Crippen molar-refractivity contribution in [3.8, 4) is 11.5 Å². The SMILES string of the molecule is COC(=O)CC/C(C)=C/CC/C(C)=C/CC/C(C)=C/CC/C(C)=C/Cc1cc(O[C@@H]2OC[C@@H](OC(C)=O)[C@H](OC(C)=O)[C@H]2OC(C)=O)c(C)c(C)c1OC(C)=O. The molecule has 0 aliphatic carbocycles. The lowest BCUT2D eigenvalue weighted by Gasteiger charge is -2.40.